The van der Waals surface area contributed by atoms with Gasteiger partial charge in [0.2, 0.25) is 0 Å². The summed E-state index contributed by atoms with van der Waals surface area (Å²) in [6.45, 7) is 0.941. The number of halogens is 2. The van der Waals surface area contributed by atoms with E-state index in [0.29, 0.717) is 13.0 Å². The van der Waals surface area contributed by atoms with E-state index in [1.165, 1.54) is 30.2 Å². The molecule has 1 atom stereocenters. The van der Waals surface area contributed by atoms with E-state index in [-0.39, 0.29) is 29.5 Å². The van der Waals surface area contributed by atoms with Crippen LogP contribution in [0.15, 0.2) is 18.2 Å². The summed E-state index contributed by atoms with van der Waals surface area (Å²) in [6.07, 6.45) is 0.349. The van der Waals surface area contributed by atoms with Gasteiger partial charge in [0.15, 0.2) is 11.5 Å². The van der Waals surface area contributed by atoms with Crippen LogP contribution in [0.4, 0.5) is 8.78 Å². The summed E-state index contributed by atoms with van der Waals surface area (Å²) in [5.41, 5.74) is -0.855. The standard InChI is InChI=1S/C17H21F2NO5/c1-10(2)17(15(22)23)6-7-20(9-17)14(21)11-4-5-12(24-3)13(8-11)25-16(18)19/h4-5,8,10,16H,6-7,9H2,1-3H3,(H,22,23). The first-order chi connectivity index (χ1) is 11.7. The van der Waals surface area contributed by atoms with E-state index < -0.39 is 23.9 Å². The summed E-state index contributed by atoms with van der Waals surface area (Å²) in [6, 6.07) is 3.99. The van der Waals surface area contributed by atoms with Crippen LogP contribution in [0.3, 0.4) is 0 Å². The van der Waals surface area contributed by atoms with E-state index in [9.17, 15) is 23.5 Å². The lowest BCUT2D eigenvalue weighted by Gasteiger charge is -2.28. The smallest absolute Gasteiger partial charge is 0.387 e. The number of amides is 1. The number of benzene rings is 1. The number of hydrogen-bond acceptors (Lipinski definition) is 4. The fourth-order valence-corrected chi connectivity index (χ4v) is 3.08. The zero-order valence-corrected chi connectivity index (χ0v) is 14.3. The molecule has 0 bridgehead atoms. The van der Waals surface area contributed by atoms with Crippen molar-refractivity contribution in [1.82, 2.24) is 4.90 Å². The predicted octanol–water partition coefficient (Wildman–Crippen LogP) is 2.87. The van der Waals surface area contributed by atoms with Crippen molar-refractivity contribution >= 4 is 11.9 Å². The van der Waals surface area contributed by atoms with Crippen LogP contribution in [-0.4, -0.2) is 48.7 Å². The molecular weight excluding hydrogens is 336 g/mol. The molecule has 1 aliphatic rings. The molecule has 2 rings (SSSR count). The van der Waals surface area contributed by atoms with E-state index in [0.717, 1.165) is 0 Å². The Bertz CT molecular complexity index is 664. The highest BCUT2D eigenvalue weighted by molar-refractivity contribution is 5.95. The van der Waals surface area contributed by atoms with Crippen molar-refractivity contribution in [3.8, 4) is 11.5 Å². The van der Waals surface area contributed by atoms with Crippen molar-refractivity contribution < 1.29 is 33.0 Å². The number of carboxylic acid groups (broad SMARTS) is 1. The third-order valence-corrected chi connectivity index (χ3v) is 4.75. The molecule has 1 heterocycles. The Morgan fingerprint density at radius 1 is 1.28 bits per heavy atom. The molecule has 1 amide bonds. The number of methoxy groups -OCH3 is 1. The van der Waals surface area contributed by atoms with Gasteiger partial charge in [0.1, 0.15) is 0 Å². The lowest BCUT2D eigenvalue weighted by atomic mass is 9.76. The van der Waals surface area contributed by atoms with Crippen molar-refractivity contribution in [2.24, 2.45) is 11.3 Å². The van der Waals surface area contributed by atoms with Gasteiger partial charge < -0.3 is 19.5 Å². The maximum atomic E-state index is 12.7. The van der Waals surface area contributed by atoms with Gasteiger partial charge in [-0.25, -0.2) is 0 Å². The van der Waals surface area contributed by atoms with Gasteiger partial charge in [-0.15, -0.1) is 0 Å². The fourth-order valence-electron chi connectivity index (χ4n) is 3.08. The molecule has 25 heavy (non-hydrogen) atoms. The van der Waals surface area contributed by atoms with Crippen LogP contribution >= 0.6 is 0 Å². The molecule has 1 N–H and O–H groups in total. The van der Waals surface area contributed by atoms with Crippen LogP contribution in [-0.2, 0) is 4.79 Å². The second-order valence-corrected chi connectivity index (χ2v) is 6.34. The summed E-state index contributed by atoms with van der Waals surface area (Å²) < 4.78 is 34.3. The average molecular weight is 357 g/mol. The second kappa shape index (κ2) is 7.25. The Morgan fingerprint density at radius 3 is 2.44 bits per heavy atom. The van der Waals surface area contributed by atoms with Crippen molar-refractivity contribution in [3.05, 3.63) is 23.8 Å². The Balaban J connectivity index is 2.25. The van der Waals surface area contributed by atoms with Gasteiger partial charge in [-0.3, -0.25) is 9.59 Å². The van der Waals surface area contributed by atoms with Crippen LogP contribution in [0.2, 0.25) is 0 Å². The first-order valence-electron chi connectivity index (χ1n) is 7.87. The minimum Gasteiger partial charge on any atom is -0.493 e. The molecule has 0 radical (unpaired) electrons. The third kappa shape index (κ3) is 3.67. The highest BCUT2D eigenvalue weighted by Crippen LogP contribution is 2.39. The van der Waals surface area contributed by atoms with Gasteiger partial charge >= 0.3 is 12.6 Å². The predicted molar refractivity (Wildman–Crippen MR) is 85.1 cm³/mol. The number of aliphatic carboxylic acids is 1. The van der Waals surface area contributed by atoms with E-state index in [1.54, 1.807) is 0 Å². The maximum absolute atomic E-state index is 12.7. The zero-order chi connectivity index (χ0) is 18.8. The number of carboxylic acids is 1. The topological polar surface area (TPSA) is 76.1 Å². The Kier molecular flexibility index (Phi) is 5.49. The molecule has 0 saturated carbocycles. The van der Waals surface area contributed by atoms with Crippen LogP contribution < -0.4 is 9.47 Å². The van der Waals surface area contributed by atoms with Crippen molar-refractivity contribution in [3.63, 3.8) is 0 Å². The lowest BCUT2D eigenvalue weighted by Crippen LogP contribution is -2.40. The van der Waals surface area contributed by atoms with E-state index in [1.807, 2.05) is 13.8 Å². The summed E-state index contributed by atoms with van der Waals surface area (Å²) >= 11 is 0. The van der Waals surface area contributed by atoms with Gasteiger partial charge in [0, 0.05) is 18.7 Å². The molecule has 0 spiro atoms. The molecule has 1 aromatic rings. The van der Waals surface area contributed by atoms with Gasteiger partial charge in [0.25, 0.3) is 5.91 Å². The summed E-state index contributed by atoms with van der Waals surface area (Å²) in [7, 11) is 1.31. The van der Waals surface area contributed by atoms with Crippen LogP contribution in [0.5, 0.6) is 11.5 Å². The fraction of sp³-hybridized carbons (Fsp3) is 0.529. The van der Waals surface area contributed by atoms with Gasteiger partial charge in [-0.1, -0.05) is 13.8 Å². The molecule has 1 unspecified atom stereocenters. The number of likely N-dealkylation sites (tertiary alicyclic amines) is 1. The Labute approximate surface area is 144 Å². The van der Waals surface area contributed by atoms with Crippen LogP contribution in [0.1, 0.15) is 30.6 Å². The number of alkyl halides is 2. The highest BCUT2D eigenvalue weighted by atomic mass is 19.3. The summed E-state index contributed by atoms with van der Waals surface area (Å²) in [4.78, 5) is 25.8. The van der Waals surface area contributed by atoms with E-state index >= 15 is 0 Å². The third-order valence-electron chi connectivity index (χ3n) is 4.75. The molecule has 8 heteroatoms. The number of nitrogens with zero attached hydrogens (tertiary/aromatic N) is 1. The molecule has 0 aliphatic carbocycles. The molecule has 1 aliphatic heterocycles. The number of ether oxygens (including phenoxy) is 2. The summed E-state index contributed by atoms with van der Waals surface area (Å²) in [5.74, 6) is -1.66. The van der Waals surface area contributed by atoms with Crippen molar-refractivity contribution in [2.45, 2.75) is 26.9 Å². The number of hydrogen-bond donors (Lipinski definition) is 1. The molecule has 138 valence electrons. The van der Waals surface area contributed by atoms with Crippen LogP contribution in [0, 0.1) is 11.3 Å². The van der Waals surface area contributed by atoms with Crippen molar-refractivity contribution in [2.75, 3.05) is 20.2 Å². The molecular formula is C17H21F2NO5. The molecule has 6 nitrogen and oxygen atoms in total. The number of carbonyl (C=O) groups is 2. The number of rotatable bonds is 6. The minimum atomic E-state index is -3.05. The van der Waals surface area contributed by atoms with E-state index in [2.05, 4.69) is 4.74 Å². The average Bonchev–Trinajstić information content (AvgIpc) is 3.00. The first kappa shape index (κ1) is 19.0. The lowest BCUT2D eigenvalue weighted by molar-refractivity contribution is -0.150. The molecule has 1 fully saturated rings. The van der Waals surface area contributed by atoms with Crippen LogP contribution in [0.25, 0.3) is 0 Å². The Morgan fingerprint density at radius 2 is 1.96 bits per heavy atom. The van der Waals surface area contributed by atoms with E-state index in [4.69, 9.17) is 4.74 Å². The largest absolute Gasteiger partial charge is 0.493 e. The SMILES string of the molecule is COc1ccc(C(=O)N2CCC(C(=O)O)(C(C)C)C2)cc1OC(F)F. The number of carbonyl (C=O) groups excluding carboxylic acids is 1. The van der Waals surface area contributed by atoms with Gasteiger partial charge in [-0.2, -0.15) is 8.78 Å². The highest BCUT2D eigenvalue weighted by Gasteiger charge is 2.48. The zero-order valence-electron chi connectivity index (χ0n) is 14.3. The first-order valence-corrected chi connectivity index (χ1v) is 7.87. The monoisotopic (exact) mass is 357 g/mol. The summed E-state index contributed by atoms with van der Waals surface area (Å²) in [5, 5.41) is 9.56. The maximum Gasteiger partial charge on any atom is 0.387 e. The van der Waals surface area contributed by atoms with Gasteiger partial charge in [0.05, 0.1) is 12.5 Å². The van der Waals surface area contributed by atoms with Crippen molar-refractivity contribution in [1.29, 1.82) is 0 Å². The molecule has 0 aromatic heterocycles. The minimum absolute atomic E-state index is 0.0793. The molecule has 1 saturated heterocycles. The van der Waals surface area contributed by atoms with Gasteiger partial charge in [-0.05, 0) is 30.5 Å². The normalized spacial score (nSPS) is 20.2. The quantitative estimate of drug-likeness (QED) is 0.847. The molecule has 1 aromatic carbocycles. The second-order valence-electron chi connectivity index (χ2n) is 6.34. The Hall–Kier alpha value is -2.38.